The zero-order valence-corrected chi connectivity index (χ0v) is 19.4. The molecule has 1 aliphatic rings. The van der Waals surface area contributed by atoms with Crippen molar-refractivity contribution >= 4 is 29.9 Å². The molecule has 1 aromatic carbocycles. The van der Waals surface area contributed by atoms with E-state index in [0.717, 1.165) is 56.7 Å². The third kappa shape index (κ3) is 6.48. The van der Waals surface area contributed by atoms with Gasteiger partial charge in [-0.3, -0.25) is 4.90 Å². The third-order valence-corrected chi connectivity index (χ3v) is 4.81. The predicted molar refractivity (Wildman–Crippen MR) is 124 cm³/mol. The van der Waals surface area contributed by atoms with Crippen LogP contribution in [0.25, 0.3) is 0 Å². The summed E-state index contributed by atoms with van der Waals surface area (Å²) in [6, 6.07) is 12.7. The molecule has 2 aromatic rings. The lowest BCUT2D eigenvalue weighted by atomic mass is 10.1. The van der Waals surface area contributed by atoms with Crippen LogP contribution in [0.2, 0.25) is 0 Å². The summed E-state index contributed by atoms with van der Waals surface area (Å²) >= 11 is 0. The number of hydrogen-bond donors (Lipinski definition) is 1. The Morgan fingerprint density at radius 1 is 1.18 bits per heavy atom. The SMILES string of the molecule is CCNC(=NCc1cc(C(C)C)no1)N1CCN(Cc2ccccc2)CC1.I. The fourth-order valence-corrected chi connectivity index (χ4v) is 3.21. The molecule has 154 valence electrons. The van der Waals surface area contributed by atoms with Gasteiger partial charge in [-0.25, -0.2) is 4.99 Å². The molecule has 0 atom stereocenters. The Morgan fingerprint density at radius 3 is 2.50 bits per heavy atom. The quantitative estimate of drug-likeness (QED) is 0.375. The van der Waals surface area contributed by atoms with Gasteiger partial charge in [0.15, 0.2) is 11.7 Å². The van der Waals surface area contributed by atoms with E-state index in [2.05, 4.69) is 71.4 Å². The topological polar surface area (TPSA) is 56.9 Å². The Hall–Kier alpha value is -1.61. The zero-order chi connectivity index (χ0) is 19.1. The lowest BCUT2D eigenvalue weighted by Gasteiger charge is -2.36. The third-order valence-electron chi connectivity index (χ3n) is 4.81. The van der Waals surface area contributed by atoms with Crippen LogP contribution in [0, 0.1) is 0 Å². The Bertz CT molecular complexity index is 723. The van der Waals surface area contributed by atoms with Gasteiger partial charge < -0.3 is 14.7 Å². The van der Waals surface area contributed by atoms with Crippen LogP contribution in [-0.2, 0) is 13.1 Å². The molecular weight excluding hydrogens is 465 g/mol. The van der Waals surface area contributed by atoms with Crippen molar-refractivity contribution in [3.63, 3.8) is 0 Å². The van der Waals surface area contributed by atoms with E-state index in [9.17, 15) is 0 Å². The number of benzene rings is 1. The van der Waals surface area contributed by atoms with E-state index in [1.54, 1.807) is 0 Å². The molecular formula is C21H32IN5O. The molecule has 28 heavy (non-hydrogen) atoms. The molecule has 2 heterocycles. The van der Waals surface area contributed by atoms with Crippen LogP contribution < -0.4 is 5.32 Å². The van der Waals surface area contributed by atoms with Gasteiger partial charge in [-0.1, -0.05) is 49.3 Å². The van der Waals surface area contributed by atoms with Crippen molar-refractivity contribution in [2.24, 2.45) is 4.99 Å². The average molecular weight is 497 g/mol. The van der Waals surface area contributed by atoms with Gasteiger partial charge in [-0.05, 0) is 18.4 Å². The monoisotopic (exact) mass is 497 g/mol. The summed E-state index contributed by atoms with van der Waals surface area (Å²) in [5, 5.41) is 7.53. The molecule has 0 saturated carbocycles. The summed E-state index contributed by atoms with van der Waals surface area (Å²) in [5.74, 6) is 2.15. The average Bonchev–Trinajstić information content (AvgIpc) is 3.16. The number of nitrogens with one attached hydrogen (secondary N) is 1. The lowest BCUT2D eigenvalue weighted by Crippen LogP contribution is -2.52. The van der Waals surface area contributed by atoms with Crippen LogP contribution in [0.1, 0.15) is 43.7 Å². The van der Waals surface area contributed by atoms with Gasteiger partial charge in [-0.15, -0.1) is 24.0 Å². The zero-order valence-electron chi connectivity index (χ0n) is 17.1. The molecule has 1 fully saturated rings. The van der Waals surface area contributed by atoms with Crippen molar-refractivity contribution in [2.75, 3.05) is 32.7 Å². The molecule has 1 N–H and O–H groups in total. The fourth-order valence-electron chi connectivity index (χ4n) is 3.21. The minimum absolute atomic E-state index is 0. The van der Waals surface area contributed by atoms with Gasteiger partial charge in [0, 0.05) is 45.3 Å². The van der Waals surface area contributed by atoms with Gasteiger partial charge in [-0.2, -0.15) is 0 Å². The number of hydrogen-bond acceptors (Lipinski definition) is 4. The van der Waals surface area contributed by atoms with E-state index in [4.69, 9.17) is 9.52 Å². The highest BCUT2D eigenvalue weighted by Crippen LogP contribution is 2.15. The van der Waals surface area contributed by atoms with Crippen LogP contribution in [-0.4, -0.2) is 53.6 Å². The number of guanidine groups is 1. The van der Waals surface area contributed by atoms with Crippen molar-refractivity contribution in [1.82, 2.24) is 20.3 Å². The highest BCUT2D eigenvalue weighted by Gasteiger charge is 2.19. The molecule has 7 heteroatoms. The van der Waals surface area contributed by atoms with Gasteiger partial charge in [0.1, 0.15) is 6.54 Å². The van der Waals surface area contributed by atoms with Crippen LogP contribution in [0.15, 0.2) is 45.9 Å². The Balaban J connectivity index is 0.00000280. The fraction of sp³-hybridized carbons (Fsp3) is 0.524. The summed E-state index contributed by atoms with van der Waals surface area (Å²) in [5.41, 5.74) is 2.36. The van der Waals surface area contributed by atoms with Gasteiger partial charge in [0.2, 0.25) is 0 Å². The Morgan fingerprint density at radius 2 is 1.89 bits per heavy atom. The molecule has 0 spiro atoms. The minimum Gasteiger partial charge on any atom is -0.359 e. The summed E-state index contributed by atoms with van der Waals surface area (Å²) < 4.78 is 5.41. The predicted octanol–water partition coefficient (Wildman–Crippen LogP) is 3.70. The molecule has 6 nitrogen and oxygen atoms in total. The van der Waals surface area contributed by atoms with E-state index < -0.39 is 0 Å². The number of nitrogens with zero attached hydrogens (tertiary/aromatic N) is 4. The second-order valence-corrected chi connectivity index (χ2v) is 7.29. The smallest absolute Gasteiger partial charge is 0.194 e. The maximum atomic E-state index is 5.41. The first kappa shape index (κ1) is 22.7. The minimum atomic E-state index is 0. The maximum absolute atomic E-state index is 5.41. The van der Waals surface area contributed by atoms with E-state index in [1.165, 1.54) is 5.56 Å². The number of aromatic nitrogens is 1. The van der Waals surface area contributed by atoms with Crippen molar-refractivity contribution in [1.29, 1.82) is 0 Å². The van der Waals surface area contributed by atoms with E-state index in [0.29, 0.717) is 12.5 Å². The molecule has 0 aliphatic carbocycles. The standard InChI is InChI=1S/C21H31N5O.HI/c1-4-22-21(23-15-19-14-20(17(2)3)24-27-19)26-12-10-25(11-13-26)16-18-8-6-5-7-9-18;/h5-9,14,17H,4,10-13,15-16H2,1-3H3,(H,22,23);1H. The molecule has 3 rings (SSSR count). The molecule has 0 unspecified atom stereocenters. The maximum Gasteiger partial charge on any atom is 0.194 e. The first-order valence-corrected chi connectivity index (χ1v) is 9.90. The summed E-state index contributed by atoms with van der Waals surface area (Å²) in [7, 11) is 0. The number of halogens is 1. The number of aliphatic imine (C=N–C) groups is 1. The summed E-state index contributed by atoms with van der Waals surface area (Å²) in [4.78, 5) is 9.61. The second-order valence-electron chi connectivity index (χ2n) is 7.29. The van der Waals surface area contributed by atoms with Crippen molar-refractivity contribution in [3.05, 3.63) is 53.4 Å². The summed E-state index contributed by atoms with van der Waals surface area (Å²) in [6.45, 7) is 12.8. The highest BCUT2D eigenvalue weighted by atomic mass is 127. The lowest BCUT2D eigenvalue weighted by molar-refractivity contribution is 0.172. The second kappa shape index (κ2) is 11.4. The Labute approximate surface area is 185 Å². The molecule has 1 saturated heterocycles. The van der Waals surface area contributed by atoms with Crippen molar-refractivity contribution in [2.45, 2.75) is 39.8 Å². The van der Waals surface area contributed by atoms with Crippen LogP contribution in [0.5, 0.6) is 0 Å². The Kier molecular flexibility index (Phi) is 9.24. The normalized spacial score (nSPS) is 15.6. The molecule has 0 amide bonds. The van der Waals surface area contributed by atoms with E-state index in [1.807, 2.05) is 6.07 Å². The highest BCUT2D eigenvalue weighted by molar-refractivity contribution is 14.0. The van der Waals surface area contributed by atoms with E-state index in [-0.39, 0.29) is 24.0 Å². The molecule has 1 aliphatic heterocycles. The van der Waals surface area contributed by atoms with Gasteiger partial charge >= 0.3 is 0 Å². The first-order valence-electron chi connectivity index (χ1n) is 9.90. The van der Waals surface area contributed by atoms with Crippen LogP contribution in [0.3, 0.4) is 0 Å². The number of rotatable bonds is 6. The largest absolute Gasteiger partial charge is 0.359 e. The van der Waals surface area contributed by atoms with Crippen molar-refractivity contribution in [3.8, 4) is 0 Å². The first-order chi connectivity index (χ1) is 13.2. The number of piperazine rings is 1. The van der Waals surface area contributed by atoms with Gasteiger partial charge in [0.25, 0.3) is 0 Å². The summed E-state index contributed by atoms with van der Waals surface area (Å²) in [6.07, 6.45) is 0. The van der Waals surface area contributed by atoms with E-state index >= 15 is 0 Å². The molecule has 0 bridgehead atoms. The van der Waals surface area contributed by atoms with Crippen molar-refractivity contribution < 1.29 is 4.52 Å². The van der Waals surface area contributed by atoms with Crippen LogP contribution in [0.4, 0.5) is 0 Å². The molecule has 1 aromatic heterocycles. The van der Waals surface area contributed by atoms with Gasteiger partial charge in [0.05, 0.1) is 5.69 Å². The van der Waals surface area contributed by atoms with Crippen LogP contribution >= 0.6 is 24.0 Å². The molecule has 0 radical (unpaired) electrons.